The van der Waals surface area contributed by atoms with Crippen LogP contribution in [0.1, 0.15) is 0 Å². The molecule has 34 heavy (non-hydrogen) atoms. The molecule has 1 heterocycles. The molecule has 2 aromatic carbocycles. The van der Waals surface area contributed by atoms with Gasteiger partial charge in [0.2, 0.25) is 0 Å². The zero-order valence-electron chi connectivity index (χ0n) is 18.9. The molecule has 3 aromatic rings. The van der Waals surface area contributed by atoms with Gasteiger partial charge in [-0.05, 0) is 37.4 Å². The van der Waals surface area contributed by atoms with Crippen molar-refractivity contribution < 1.29 is 23.0 Å². The second-order valence-electron chi connectivity index (χ2n) is 7.31. The van der Waals surface area contributed by atoms with Crippen LogP contribution in [0.3, 0.4) is 0 Å². The maximum atomic E-state index is 14.4. The summed E-state index contributed by atoms with van der Waals surface area (Å²) >= 11 is 5.86. The van der Waals surface area contributed by atoms with E-state index < -0.39 is 17.6 Å². The third-order valence-electron chi connectivity index (χ3n) is 4.86. The monoisotopic (exact) mass is 491 g/mol. The predicted octanol–water partition coefficient (Wildman–Crippen LogP) is 4.54. The predicted molar refractivity (Wildman–Crippen MR) is 128 cm³/mol. The van der Waals surface area contributed by atoms with Crippen LogP contribution in [0.4, 0.5) is 26.0 Å². The summed E-state index contributed by atoms with van der Waals surface area (Å²) in [5.41, 5.74) is 1.24. The molecule has 1 amide bonds. The van der Waals surface area contributed by atoms with Crippen molar-refractivity contribution in [3.05, 3.63) is 59.4 Å². The fraction of sp³-hybridized carbons (Fsp3) is 0.261. The molecule has 2 N–H and O–H groups in total. The number of carbonyl (C=O) groups is 1. The quantitative estimate of drug-likeness (QED) is 0.402. The third-order valence-corrected chi connectivity index (χ3v) is 5.15. The number of likely N-dealkylation sites (N-methyl/N-ethyl adjacent to an activating group) is 1. The van der Waals surface area contributed by atoms with E-state index in [9.17, 15) is 13.6 Å². The van der Waals surface area contributed by atoms with Crippen LogP contribution in [0.15, 0.2) is 48.6 Å². The fourth-order valence-electron chi connectivity index (χ4n) is 3.01. The molecule has 8 nitrogen and oxygen atoms in total. The summed E-state index contributed by atoms with van der Waals surface area (Å²) in [4.78, 5) is 22.7. The Kier molecular flexibility index (Phi) is 8.69. The van der Waals surface area contributed by atoms with Crippen molar-refractivity contribution >= 4 is 45.6 Å². The highest BCUT2D eigenvalue weighted by Crippen LogP contribution is 2.33. The zero-order chi connectivity index (χ0) is 24.7. The minimum atomic E-state index is -0.935. The van der Waals surface area contributed by atoms with Crippen LogP contribution in [0.5, 0.6) is 5.75 Å². The highest BCUT2D eigenvalue weighted by molar-refractivity contribution is 6.31. The van der Waals surface area contributed by atoms with Crippen molar-refractivity contribution in [2.24, 2.45) is 0 Å². The summed E-state index contributed by atoms with van der Waals surface area (Å²) in [6.07, 6.45) is 2.53. The van der Waals surface area contributed by atoms with Gasteiger partial charge in [-0.15, -0.1) is 0 Å². The number of aromatic nitrogens is 2. The molecule has 0 atom stereocenters. The molecule has 180 valence electrons. The van der Waals surface area contributed by atoms with Crippen molar-refractivity contribution in [3.8, 4) is 5.75 Å². The Morgan fingerprint density at radius 2 is 2.03 bits per heavy atom. The Hall–Kier alpha value is -3.34. The van der Waals surface area contributed by atoms with Crippen LogP contribution in [0.2, 0.25) is 5.02 Å². The first-order valence-electron chi connectivity index (χ1n) is 10.2. The SMILES string of the molecule is COCCN(C)CC=C(F)C(=O)Nc1cc2c(Nc3ccc(F)c(Cl)c3)ncnc2cc1OC. The molecular formula is C23H24ClF2N5O3. The number of halogens is 3. The highest BCUT2D eigenvalue weighted by Gasteiger charge is 2.16. The van der Waals surface area contributed by atoms with E-state index in [1.807, 2.05) is 4.90 Å². The molecule has 0 fully saturated rings. The van der Waals surface area contributed by atoms with Gasteiger partial charge < -0.3 is 25.0 Å². The van der Waals surface area contributed by atoms with E-state index in [1.54, 1.807) is 26.3 Å². The summed E-state index contributed by atoms with van der Waals surface area (Å²) in [6, 6.07) is 7.31. The number of hydrogen-bond acceptors (Lipinski definition) is 7. The molecule has 0 radical (unpaired) electrons. The first-order chi connectivity index (χ1) is 16.3. The van der Waals surface area contributed by atoms with Crippen molar-refractivity contribution in [2.45, 2.75) is 0 Å². The number of amides is 1. The number of anilines is 3. The Labute approximate surface area is 200 Å². The lowest BCUT2D eigenvalue weighted by Gasteiger charge is -2.14. The molecule has 11 heteroatoms. The topological polar surface area (TPSA) is 88.6 Å². The van der Waals surface area contributed by atoms with Gasteiger partial charge >= 0.3 is 0 Å². The largest absolute Gasteiger partial charge is 0.494 e. The van der Waals surface area contributed by atoms with E-state index in [1.165, 1.54) is 37.7 Å². The van der Waals surface area contributed by atoms with Crippen LogP contribution in [0.25, 0.3) is 10.9 Å². The summed E-state index contributed by atoms with van der Waals surface area (Å²) in [7, 11) is 4.79. The van der Waals surface area contributed by atoms with E-state index in [0.717, 1.165) is 0 Å². The van der Waals surface area contributed by atoms with Crippen LogP contribution in [0, 0.1) is 5.82 Å². The molecule has 1 aromatic heterocycles. The summed E-state index contributed by atoms with van der Waals surface area (Å²) in [6.45, 7) is 1.32. The van der Waals surface area contributed by atoms with Gasteiger partial charge in [0.25, 0.3) is 5.91 Å². The lowest BCUT2D eigenvalue weighted by Crippen LogP contribution is -2.23. The lowest BCUT2D eigenvalue weighted by atomic mass is 10.1. The maximum Gasteiger partial charge on any atom is 0.284 e. The Balaban J connectivity index is 1.86. The van der Waals surface area contributed by atoms with Crippen molar-refractivity contribution in [2.75, 3.05) is 51.6 Å². The molecule has 0 saturated heterocycles. The number of hydrogen-bond donors (Lipinski definition) is 2. The van der Waals surface area contributed by atoms with Gasteiger partial charge in [-0.25, -0.2) is 18.7 Å². The standard InChI is InChI=1S/C23H24ClF2N5O3/c1-31(8-9-33-2)7-6-18(26)23(32)30-20-11-15-19(12-21(20)34-3)27-13-28-22(15)29-14-4-5-17(25)16(24)10-14/h4-6,10-13H,7-9H2,1-3H3,(H,30,32)(H,27,28,29). The van der Waals surface area contributed by atoms with Gasteiger partial charge in [-0.2, -0.15) is 0 Å². The van der Waals surface area contributed by atoms with Crippen LogP contribution in [-0.4, -0.2) is 61.7 Å². The molecule has 0 spiro atoms. The Morgan fingerprint density at radius 3 is 2.74 bits per heavy atom. The molecule has 3 rings (SSSR count). The van der Waals surface area contributed by atoms with Gasteiger partial charge in [0, 0.05) is 37.3 Å². The third kappa shape index (κ3) is 6.37. The van der Waals surface area contributed by atoms with E-state index in [-0.39, 0.29) is 17.3 Å². The van der Waals surface area contributed by atoms with Gasteiger partial charge in [-0.1, -0.05) is 11.6 Å². The fourth-order valence-corrected chi connectivity index (χ4v) is 3.19. The first-order valence-corrected chi connectivity index (χ1v) is 10.6. The van der Waals surface area contributed by atoms with Gasteiger partial charge in [0.15, 0.2) is 5.83 Å². The van der Waals surface area contributed by atoms with Gasteiger partial charge in [0.1, 0.15) is 23.7 Å². The number of ether oxygens (including phenoxy) is 2. The van der Waals surface area contributed by atoms with E-state index in [0.29, 0.717) is 41.3 Å². The van der Waals surface area contributed by atoms with Gasteiger partial charge in [0.05, 0.1) is 29.9 Å². The normalized spacial score (nSPS) is 11.7. The van der Waals surface area contributed by atoms with E-state index in [2.05, 4.69) is 20.6 Å². The number of rotatable bonds is 10. The number of nitrogens with one attached hydrogen (secondary N) is 2. The summed E-state index contributed by atoms with van der Waals surface area (Å²) < 4.78 is 38.2. The van der Waals surface area contributed by atoms with Crippen LogP contribution < -0.4 is 15.4 Å². The Bertz CT molecular complexity index is 1210. The molecule has 0 aliphatic rings. The van der Waals surface area contributed by atoms with Crippen LogP contribution in [-0.2, 0) is 9.53 Å². The average Bonchev–Trinajstić information content (AvgIpc) is 2.83. The lowest BCUT2D eigenvalue weighted by molar-refractivity contribution is -0.114. The maximum absolute atomic E-state index is 14.4. The summed E-state index contributed by atoms with van der Waals surface area (Å²) in [5, 5.41) is 6.04. The smallest absolute Gasteiger partial charge is 0.284 e. The van der Waals surface area contributed by atoms with Crippen molar-refractivity contribution in [1.29, 1.82) is 0 Å². The number of carbonyl (C=O) groups excluding carboxylic acids is 1. The highest BCUT2D eigenvalue weighted by atomic mass is 35.5. The minimum Gasteiger partial charge on any atom is -0.494 e. The molecule has 0 aliphatic heterocycles. The molecular weight excluding hydrogens is 468 g/mol. The van der Waals surface area contributed by atoms with E-state index >= 15 is 0 Å². The molecule has 0 unspecified atom stereocenters. The number of methoxy groups -OCH3 is 2. The number of nitrogens with zero attached hydrogens (tertiary/aromatic N) is 3. The van der Waals surface area contributed by atoms with Gasteiger partial charge in [-0.3, -0.25) is 4.79 Å². The zero-order valence-corrected chi connectivity index (χ0v) is 19.6. The van der Waals surface area contributed by atoms with Crippen LogP contribution >= 0.6 is 11.6 Å². The minimum absolute atomic E-state index is 0.0480. The molecule has 0 bridgehead atoms. The molecule has 0 aliphatic carbocycles. The van der Waals surface area contributed by atoms with Crippen molar-refractivity contribution in [3.63, 3.8) is 0 Å². The number of benzene rings is 2. The van der Waals surface area contributed by atoms with Crippen molar-refractivity contribution in [1.82, 2.24) is 14.9 Å². The Morgan fingerprint density at radius 1 is 1.24 bits per heavy atom. The van der Waals surface area contributed by atoms with E-state index in [4.69, 9.17) is 21.1 Å². The first kappa shape index (κ1) is 25.3. The summed E-state index contributed by atoms with van der Waals surface area (Å²) in [5.74, 6) is -1.74. The molecule has 0 saturated carbocycles. The number of fused-ring (bicyclic) bond motifs is 1. The average molecular weight is 492 g/mol. The second kappa shape index (κ2) is 11.7. The second-order valence-corrected chi connectivity index (χ2v) is 7.71.